The Kier molecular flexibility index (Phi) is 5.70. The van der Waals surface area contributed by atoms with E-state index in [2.05, 4.69) is 30.9 Å². The molecule has 2 heterocycles. The van der Waals surface area contributed by atoms with Gasteiger partial charge in [-0.1, -0.05) is 23.7 Å². The van der Waals surface area contributed by atoms with Crippen LogP contribution in [0.3, 0.4) is 0 Å². The molecule has 2 saturated heterocycles. The largest absolute Gasteiger partial charge is 0.368 e. The van der Waals surface area contributed by atoms with Crippen molar-refractivity contribution in [2.24, 2.45) is 0 Å². The number of hydrogen-bond donors (Lipinski definition) is 0. The second-order valence-electron chi connectivity index (χ2n) is 7.89. The number of rotatable bonds is 3. The third-order valence-electron chi connectivity index (χ3n) is 5.98. The average molecular weight is 462 g/mol. The third kappa shape index (κ3) is 4.02. The van der Waals surface area contributed by atoms with Gasteiger partial charge in [0.25, 0.3) is 5.91 Å². The number of amides is 2. The molecule has 0 aromatic heterocycles. The number of carbonyl (C=O) groups is 2. The lowest BCUT2D eigenvalue weighted by Gasteiger charge is -2.37. The number of benzene rings is 2. The fourth-order valence-electron chi connectivity index (χ4n) is 4.07. The smallest absolute Gasteiger partial charge is 0.255 e. The van der Waals surface area contributed by atoms with Crippen molar-refractivity contribution >= 4 is 44.8 Å². The molecule has 0 bridgehead atoms. The van der Waals surface area contributed by atoms with Crippen LogP contribution in [0.5, 0.6) is 0 Å². The molecule has 31 heavy (non-hydrogen) atoms. The molecule has 0 radical (unpaired) electrons. The monoisotopic (exact) mass is 461 g/mol. The minimum atomic E-state index is -3.71. The molecule has 0 unspecified atom stereocenters. The molecule has 2 amide bonds. The maximum atomic E-state index is 13.2. The molecule has 2 aliphatic rings. The van der Waals surface area contributed by atoms with Crippen LogP contribution >= 0.6 is 11.6 Å². The van der Waals surface area contributed by atoms with E-state index in [1.165, 1.54) is 35.0 Å². The number of anilines is 2. The lowest BCUT2D eigenvalue weighted by atomic mass is 10.1. The number of piperazine rings is 1. The number of carbonyl (C=O) groups excluding carboxylic acids is 2. The third-order valence-corrected chi connectivity index (χ3v) is 8.00. The summed E-state index contributed by atoms with van der Waals surface area (Å²) in [7, 11) is -3.71. The summed E-state index contributed by atoms with van der Waals surface area (Å²) in [5.41, 5.74) is 3.99. The number of nitrogens with zero attached hydrogens (tertiary/aromatic N) is 3. The van der Waals surface area contributed by atoms with E-state index in [1.807, 2.05) is 6.07 Å². The van der Waals surface area contributed by atoms with E-state index in [-0.39, 0.29) is 34.4 Å². The van der Waals surface area contributed by atoms with Crippen LogP contribution in [0.1, 0.15) is 27.9 Å². The fraction of sp³-hybridized carbons (Fsp3) is 0.364. The van der Waals surface area contributed by atoms with E-state index in [4.69, 9.17) is 11.6 Å². The molecule has 2 fully saturated rings. The lowest BCUT2D eigenvalue weighted by molar-refractivity contribution is -0.116. The fourth-order valence-corrected chi connectivity index (χ4v) is 5.72. The van der Waals surface area contributed by atoms with Crippen molar-refractivity contribution in [1.82, 2.24) is 4.90 Å². The summed E-state index contributed by atoms with van der Waals surface area (Å²) in [5.74, 6) is -0.989. The second-order valence-corrected chi connectivity index (χ2v) is 10.2. The molecule has 164 valence electrons. The predicted octanol–water partition coefficient (Wildman–Crippen LogP) is 2.99. The predicted molar refractivity (Wildman–Crippen MR) is 121 cm³/mol. The molecule has 0 N–H and O–H groups in total. The molecule has 0 spiro atoms. The minimum absolute atomic E-state index is 0.0609. The Balaban J connectivity index is 1.53. The Morgan fingerprint density at radius 3 is 2.39 bits per heavy atom. The molecule has 9 heteroatoms. The van der Waals surface area contributed by atoms with Crippen LogP contribution in [0, 0.1) is 13.8 Å². The van der Waals surface area contributed by atoms with Gasteiger partial charge in [-0.3, -0.25) is 9.59 Å². The van der Waals surface area contributed by atoms with Gasteiger partial charge in [-0.2, -0.15) is 0 Å². The first-order valence-electron chi connectivity index (χ1n) is 10.1. The van der Waals surface area contributed by atoms with E-state index >= 15 is 0 Å². The molecule has 0 saturated carbocycles. The van der Waals surface area contributed by atoms with Gasteiger partial charge < -0.3 is 9.80 Å². The van der Waals surface area contributed by atoms with Gasteiger partial charge in [0.15, 0.2) is 0 Å². The van der Waals surface area contributed by atoms with E-state index in [0.717, 1.165) is 4.31 Å². The number of halogens is 1. The highest BCUT2D eigenvalue weighted by atomic mass is 35.5. The van der Waals surface area contributed by atoms with Gasteiger partial charge in [0.2, 0.25) is 15.9 Å². The number of sulfonamides is 1. The Morgan fingerprint density at radius 2 is 1.74 bits per heavy atom. The van der Waals surface area contributed by atoms with Gasteiger partial charge >= 0.3 is 0 Å². The number of aryl methyl sites for hydroxylation is 1. The van der Waals surface area contributed by atoms with Crippen LogP contribution in [-0.4, -0.2) is 57.1 Å². The van der Waals surface area contributed by atoms with Crippen LogP contribution in [0.4, 0.5) is 11.4 Å². The zero-order valence-corrected chi connectivity index (χ0v) is 19.0. The van der Waals surface area contributed by atoms with Crippen LogP contribution in [0.25, 0.3) is 0 Å². The molecule has 0 atom stereocenters. The maximum Gasteiger partial charge on any atom is 0.255 e. The van der Waals surface area contributed by atoms with Gasteiger partial charge in [-0.15, -0.1) is 0 Å². The van der Waals surface area contributed by atoms with Crippen LogP contribution in [0.2, 0.25) is 5.02 Å². The van der Waals surface area contributed by atoms with Crippen molar-refractivity contribution in [1.29, 1.82) is 0 Å². The SMILES string of the molecule is Cc1cccc(N2CCN(C(=O)c3cc(N4C(=O)CCS4(=O)=O)ccc3Cl)CC2)c1C. The molecule has 2 aromatic carbocycles. The highest BCUT2D eigenvalue weighted by Crippen LogP contribution is 2.30. The van der Waals surface area contributed by atoms with Gasteiger partial charge in [-0.05, 0) is 49.2 Å². The maximum absolute atomic E-state index is 13.2. The summed E-state index contributed by atoms with van der Waals surface area (Å²) in [6, 6.07) is 10.5. The Morgan fingerprint density at radius 1 is 1.03 bits per heavy atom. The molecule has 4 rings (SSSR count). The van der Waals surface area contributed by atoms with Crippen molar-refractivity contribution < 1.29 is 18.0 Å². The van der Waals surface area contributed by atoms with Crippen molar-refractivity contribution in [3.63, 3.8) is 0 Å². The Bertz CT molecular complexity index is 1160. The van der Waals surface area contributed by atoms with Crippen molar-refractivity contribution in [3.8, 4) is 0 Å². The molecule has 2 aliphatic heterocycles. The Labute approximate surface area is 187 Å². The first kappa shape index (κ1) is 21.6. The van der Waals surface area contributed by atoms with Gasteiger partial charge in [0.1, 0.15) is 0 Å². The Hall–Kier alpha value is -2.58. The van der Waals surface area contributed by atoms with Crippen LogP contribution in [0.15, 0.2) is 36.4 Å². The first-order valence-corrected chi connectivity index (χ1v) is 12.1. The highest BCUT2D eigenvalue weighted by Gasteiger charge is 2.37. The van der Waals surface area contributed by atoms with Crippen molar-refractivity contribution in [2.75, 3.05) is 41.1 Å². The molecule has 7 nitrogen and oxygen atoms in total. The first-order chi connectivity index (χ1) is 14.7. The lowest BCUT2D eigenvalue weighted by Crippen LogP contribution is -2.49. The molecule has 2 aromatic rings. The van der Waals surface area contributed by atoms with E-state index in [0.29, 0.717) is 26.2 Å². The van der Waals surface area contributed by atoms with Gasteiger partial charge in [0, 0.05) is 38.3 Å². The van der Waals surface area contributed by atoms with Crippen molar-refractivity contribution in [2.45, 2.75) is 20.3 Å². The summed E-state index contributed by atoms with van der Waals surface area (Å²) in [5, 5.41) is 0.231. The number of hydrogen-bond acceptors (Lipinski definition) is 5. The van der Waals surface area contributed by atoms with Crippen LogP contribution in [-0.2, 0) is 14.8 Å². The summed E-state index contributed by atoms with van der Waals surface area (Å²) >= 11 is 6.28. The zero-order chi connectivity index (χ0) is 22.3. The van der Waals surface area contributed by atoms with E-state index in [1.54, 1.807) is 4.90 Å². The van der Waals surface area contributed by atoms with Crippen molar-refractivity contribution in [3.05, 3.63) is 58.1 Å². The molecular weight excluding hydrogens is 438 g/mol. The molecule has 0 aliphatic carbocycles. The normalized spacial score (nSPS) is 18.5. The standard InChI is InChI=1S/C22H24ClN3O4S/c1-15-4-3-5-20(16(15)2)24-9-11-25(12-10-24)22(28)18-14-17(6-7-19(18)23)26-21(27)8-13-31(26,29)30/h3-7,14H,8-13H2,1-2H3. The topological polar surface area (TPSA) is 78.0 Å². The van der Waals surface area contributed by atoms with E-state index < -0.39 is 15.9 Å². The quantitative estimate of drug-likeness (QED) is 0.702. The van der Waals surface area contributed by atoms with Gasteiger partial charge in [-0.25, -0.2) is 12.7 Å². The highest BCUT2D eigenvalue weighted by molar-refractivity contribution is 7.94. The summed E-state index contributed by atoms with van der Waals surface area (Å²) < 4.78 is 25.2. The average Bonchev–Trinajstić information content (AvgIpc) is 3.02. The van der Waals surface area contributed by atoms with Gasteiger partial charge in [0.05, 0.1) is 22.0 Å². The molecular formula is C22H24ClN3O4S. The second kappa shape index (κ2) is 8.16. The van der Waals surface area contributed by atoms with E-state index in [9.17, 15) is 18.0 Å². The summed E-state index contributed by atoms with van der Waals surface area (Å²) in [4.78, 5) is 29.2. The summed E-state index contributed by atoms with van der Waals surface area (Å²) in [6.45, 7) is 6.60. The minimum Gasteiger partial charge on any atom is -0.368 e. The summed E-state index contributed by atoms with van der Waals surface area (Å²) in [6.07, 6.45) is -0.0609. The van der Waals surface area contributed by atoms with Crippen LogP contribution < -0.4 is 9.21 Å². The zero-order valence-electron chi connectivity index (χ0n) is 17.5.